The molecule has 0 fully saturated rings. The van der Waals surface area contributed by atoms with Gasteiger partial charge in [-0.1, -0.05) is 11.6 Å². The van der Waals surface area contributed by atoms with Gasteiger partial charge in [-0.25, -0.2) is 0 Å². The zero-order valence-electron chi connectivity index (χ0n) is 10.5. The molecule has 19 heavy (non-hydrogen) atoms. The fourth-order valence-electron chi connectivity index (χ4n) is 1.79. The molecule has 5 N–H and O–H groups in total. The molecule has 0 bridgehead atoms. The molecule has 0 aliphatic heterocycles. The summed E-state index contributed by atoms with van der Waals surface area (Å²) in [7, 11) is 0. The smallest absolute Gasteiger partial charge is 0.231 e. The number of hydrogen-bond donors (Lipinski definition) is 3. The van der Waals surface area contributed by atoms with Crippen molar-refractivity contribution >= 4 is 23.4 Å². The van der Waals surface area contributed by atoms with Gasteiger partial charge >= 0.3 is 0 Å². The highest BCUT2D eigenvalue weighted by Crippen LogP contribution is 2.30. The van der Waals surface area contributed by atoms with Crippen LogP contribution in [0.4, 0.5) is 0 Å². The largest absolute Gasteiger partial charge is 0.508 e. The highest BCUT2D eigenvalue weighted by molar-refractivity contribution is 6.30. The maximum Gasteiger partial charge on any atom is 0.231 e. The Kier molecular flexibility index (Phi) is 5.14. The molecule has 104 valence electrons. The lowest BCUT2D eigenvalue weighted by molar-refractivity contribution is -0.122. The Morgan fingerprint density at radius 2 is 1.84 bits per heavy atom. The molecule has 7 heteroatoms. The van der Waals surface area contributed by atoms with E-state index >= 15 is 0 Å². The number of phenols is 1. The summed E-state index contributed by atoms with van der Waals surface area (Å²) in [6, 6.07) is 4.12. The van der Waals surface area contributed by atoms with Gasteiger partial charge in [0.1, 0.15) is 5.75 Å². The maximum atomic E-state index is 11.0. The number of benzene rings is 1. The Hall–Kier alpha value is -1.79. The molecular formula is C12H16ClN3O3. The highest BCUT2D eigenvalue weighted by atomic mass is 35.5. The number of carbonyl (C=O) groups is 2. The Morgan fingerprint density at radius 3 is 2.32 bits per heavy atom. The molecule has 1 unspecified atom stereocenters. The first-order valence-corrected chi connectivity index (χ1v) is 5.98. The van der Waals surface area contributed by atoms with Crippen LogP contribution in [-0.4, -0.2) is 34.9 Å². The van der Waals surface area contributed by atoms with E-state index in [4.69, 9.17) is 23.1 Å². The van der Waals surface area contributed by atoms with Gasteiger partial charge in [-0.15, -0.1) is 0 Å². The third kappa shape index (κ3) is 4.42. The molecular weight excluding hydrogens is 270 g/mol. The van der Waals surface area contributed by atoms with E-state index < -0.39 is 17.9 Å². The second kappa shape index (κ2) is 6.40. The summed E-state index contributed by atoms with van der Waals surface area (Å²) >= 11 is 5.86. The topological polar surface area (TPSA) is 110 Å². The normalized spacial score (nSPS) is 12.4. The first kappa shape index (κ1) is 15.3. The summed E-state index contributed by atoms with van der Waals surface area (Å²) in [5.74, 6) is -1.15. The second-order valence-corrected chi connectivity index (χ2v) is 4.65. The van der Waals surface area contributed by atoms with Crippen LogP contribution in [0, 0.1) is 0 Å². The van der Waals surface area contributed by atoms with Crippen molar-refractivity contribution in [1.29, 1.82) is 0 Å². The van der Waals surface area contributed by atoms with Crippen molar-refractivity contribution in [2.45, 2.75) is 13.0 Å². The third-order valence-electron chi connectivity index (χ3n) is 2.71. The van der Waals surface area contributed by atoms with Crippen molar-refractivity contribution in [2.24, 2.45) is 11.5 Å². The number of amides is 2. The molecule has 0 saturated heterocycles. The summed E-state index contributed by atoms with van der Waals surface area (Å²) < 4.78 is 0. The summed E-state index contributed by atoms with van der Waals surface area (Å²) in [4.78, 5) is 23.5. The lowest BCUT2D eigenvalue weighted by Gasteiger charge is -2.27. The van der Waals surface area contributed by atoms with Crippen molar-refractivity contribution in [2.75, 3.05) is 13.1 Å². The summed E-state index contributed by atoms with van der Waals surface area (Å²) in [6.07, 6.45) is 0. The molecule has 0 spiro atoms. The van der Waals surface area contributed by atoms with Gasteiger partial charge in [0, 0.05) is 16.6 Å². The van der Waals surface area contributed by atoms with E-state index in [1.165, 1.54) is 11.0 Å². The van der Waals surface area contributed by atoms with Gasteiger partial charge in [0.25, 0.3) is 0 Å². The van der Waals surface area contributed by atoms with Gasteiger partial charge in [0.2, 0.25) is 11.8 Å². The predicted molar refractivity (Wildman–Crippen MR) is 71.5 cm³/mol. The molecule has 1 aromatic carbocycles. The number of rotatable bonds is 6. The van der Waals surface area contributed by atoms with E-state index in [9.17, 15) is 14.7 Å². The number of primary amides is 2. The van der Waals surface area contributed by atoms with Crippen LogP contribution in [0.3, 0.4) is 0 Å². The van der Waals surface area contributed by atoms with E-state index in [-0.39, 0.29) is 18.8 Å². The number of hydrogen-bond acceptors (Lipinski definition) is 4. The average Bonchev–Trinajstić information content (AvgIpc) is 2.29. The predicted octanol–water partition coefficient (Wildman–Crippen LogP) is 0.379. The van der Waals surface area contributed by atoms with Crippen molar-refractivity contribution in [3.05, 3.63) is 28.8 Å². The number of carbonyl (C=O) groups excluding carboxylic acids is 2. The number of aromatic hydroxyl groups is 1. The fourth-order valence-corrected chi connectivity index (χ4v) is 1.97. The highest BCUT2D eigenvalue weighted by Gasteiger charge is 2.22. The minimum Gasteiger partial charge on any atom is -0.508 e. The quantitative estimate of drug-likeness (QED) is 0.702. The summed E-state index contributed by atoms with van der Waals surface area (Å²) in [5, 5.41) is 10.2. The van der Waals surface area contributed by atoms with Gasteiger partial charge < -0.3 is 16.6 Å². The molecule has 0 aromatic heterocycles. The standard InChI is InChI=1S/C12H16ClN3O3/c1-7(9-4-8(13)2-3-10(9)17)16(5-11(14)18)6-12(15)19/h2-4,7,17H,5-6H2,1H3,(H2,14,18)(H2,15,19). The number of phenolic OH excluding ortho intramolecular Hbond substituents is 1. The van der Waals surface area contributed by atoms with Gasteiger partial charge in [-0.05, 0) is 25.1 Å². The average molecular weight is 286 g/mol. The van der Waals surface area contributed by atoms with Crippen LogP contribution in [0.2, 0.25) is 5.02 Å². The van der Waals surface area contributed by atoms with E-state index in [1.807, 2.05) is 0 Å². The maximum absolute atomic E-state index is 11.0. The van der Waals surface area contributed by atoms with Crippen LogP contribution in [0.5, 0.6) is 5.75 Å². The van der Waals surface area contributed by atoms with Gasteiger partial charge in [0.15, 0.2) is 0 Å². The summed E-state index contributed by atoms with van der Waals surface area (Å²) in [6.45, 7) is 1.43. The van der Waals surface area contributed by atoms with E-state index in [2.05, 4.69) is 0 Å². The SMILES string of the molecule is CC(c1cc(Cl)ccc1O)N(CC(N)=O)CC(N)=O. The molecule has 2 amide bonds. The Balaban J connectivity index is 3.03. The molecule has 1 atom stereocenters. The zero-order chi connectivity index (χ0) is 14.6. The van der Waals surface area contributed by atoms with E-state index in [0.29, 0.717) is 10.6 Å². The van der Waals surface area contributed by atoms with Crippen LogP contribution in [0.25, 0.3) is 0 Å². The summed E-state index contributed by atoms with van der Waals surface area (Å²) in [5.41, 5.74) is 10.8. The van der Waals surface area contributed by atoms with E-state index in [0.717, 1.165) is 0 Å². The minimum atomic E-state index is -0.588. The molecule has 1 rings (SSSR count). The Morgan fingerprint density at radius 1 is 1.32 bits per heavy atom. The molecule has 6 nitrogen and oxygen atoms in total. The fraction of sp³-hybridized carbons (Fsp3) is 0.333. The number of nitrogens with zero attached hydrogens (tertiary/aromatic N) is 1. The second-order valence-electron chi connectivity index (χ2n) is 4.22. The van der Waals surface area contributed by atoms with Gasteiger partial charge in [-0.2, -0.15) is 0 Å². The van der Waals surface area contributed by atoms with Gasteiger partial charge in [-0.3, -0.25) is 14.5 Å². The first-order chi connectivity index (χ1) is 8.81. The lowest BCUT2D eigenvalue weighted by atomic mass is 10.1. The Labute approximate surface area is 115 Å². The van der Waals surface area contributed by atoms with Gasteiger partial charge in [0.05, 0.1) is 13.1 Å². The van der Waals surface area contributed by atoms with E-state index in [1.54, 1.807) is 19.1 Å². The number of halogens is 1. The molecule has 1 aromatic rings. The van der Waals surface area contributed by atoms with Crippen LogP contribution in [-0.2, 0) is 9.59 Å². The van der Waals surface area contributed by atoms with Crippen molar-refractivity contribution in [1.82, 2.24) is 4.90 Å². The first-order valence-electron chi connectivity index (χ1n) is 5.60. The van der Waals surface area contributed by atoms with Crippen LogP contribution >= 0.6 is 11.6 Å². The van der Waals surface area contributed by atoms with Crippen molar-refractivity contribution in [3.63, 3.8) is 0 Å². The van der Waals surface area contributed by atoms with Crippen LogP contribution < -0.4 is 11.5 Å². The van der Waals surface area contributed by atoms with Crippen molar-refractivity contribution in [3.8, 4) is 5.75 Å². The molecule has 0 saturated carbocycles. The van der Waals surface area contributed by atoms with Crippen molar-refractivity contribution < 1.29 is 14.7 Å². The third-order valence-corrected chi connectivity index (χ3v) is 2.94. The molecule has 0 heterocycles. The van der Waals surface area contributed by atoms with Crippen LogP contribution in [0.15, 0.2) is 18.2 Å². The Bertz CT molecular complexity index is 477. The van der Waals surface area contributed by atoms with Crippen LogP contribution in [0.1, 0.15) is 18.5 Å². The lowest BCUT2D eigenvalue weighted by Crippen LogP contribution is -2.41. The molecule has 0 radical (unpaired) electrons. The molecule has 0 aliphatic carbocycles. The number of nitrogens with two attached hydrogens (primary N) is 2. The molecule has 0 aliphatic rings. The minimum absolute atomic E-state index is 0.0239. The zero-order valence-corrected chi connectivity index (χ0v) is 11.2. The monoisotopic (exact) mass is 285 g/mol.